The van der Waals surface area contributed by atoms with E-state index in [0.717, 1.165) is 11.1 Å². The molecule has 0 aliphatic carbocycles. The third kappa shape index (κ3) is 4.89. The highest BCUT2D eigenvalue weighted by Crippen LogP contribution is 2.42. The SMILES string of the molecule is Cc1ccc(C2SC(C)C(=O)N2CCC(=O)NCc2ccc(F)cc2)cc1. The smallest absolute Gasteiger partial charge is 0.236 e. The Hall–Kier alpha value is -2.34. The van der Waals surface area contributed by atoms with Crippen LogP contribution < -0.4 is 5.32 Å². The van der Waals surface area contributed by atoms with Crippen molar-refractivity contribution in [2.24, 2.45) is 0 Å². The van der Waals surface area contributed by atoms with E-state index >= 15 is 0 Å². The zero-order valence-corrected chi connectivity index (χ0v) is 16.3. The molecule has 2 amide bonds. The highest BCUT2D eigenvalue weighted by atomic mass is 32.2. The first kappa shape index (κ1) is 19.4. The van der Waals surface area contributed by atoms with E-state index in [-0.39, 0.29) is 34.7 Å². The van der Waals surface area contributed by atoms with E-state index in [2.05, 4.69) is 5.32 Å². The van der Waals surface area contributed by atoms with Crippen LogP contribution >= 0.6 is 11.8 Å². The lowest BCUT2D eigenvalue weighted by atomic mass is 10.1. The van der Waals surface area contributed by atoms with Crippen LogP contribution in [0.4, 0.5) is 4.39 Å². The summed E-state index contributed by atoms with van der Waals surface area (Å²) in [6, 6.07) is 14.2. The Bertz CT molecular complexity index is 808. The van der Waals surface area contributed by atoms with Gasteiger partial charge in [0.25, 0.3) is 0 Å². The molecule has 1 aliphatic heterocycles. The van der Waals surface area contributed by atoms with Gasteiger partial charge in [0.05, 0.1) is 5.25 Å². The maximum absolute atomic E-state index is 12.9. The number of hydrogen-bond acceptors (Lipinski definition) is 3. The van der Waals surface area contributed by atoms with Crippen molar-refractivity contribution in [2.45, 2.75) is 37.4 Å². The van der Waals surface area contributed by atoms with E-state index in [1.165, 1.54) is 17.7 Å². The van der Waals surface area contributed by atoms with Crippen LogP contribution in [0.3, 0.4) is 0 Å². The number of halogens is 1. The van der Waals surface area contributed by atoms with Gasteiger partial charge < -0.3 is 10.2 Å². The molecule has 4 nitrogen and oxygen atoms in total. The lowest BCUT2D eigenvalue weighted by Crippen LogP contribution is -2.34. The number of aryl methyl sites for hydroxylation is 1. The minimum Gasteiger partial charge on any atom is -0.352 e. The van der Waals surface area contributed by atoms with E-state index in [4.69, 9.17) is 0 Å². The van der Waals surface area contributed by atoms with Crippen LogP contribution in [-0.2, 0) is 16.1 Å². The predicted molar refractivity (Wildman–Crippen MR) is 106 cm³/mol. The second kappa shape index (κ2) is 8.57. The molecule has 27 heavy (non-hydrogen) atoms. The molecule has 0 spiro atoms. The fourth-order valence-electron chi connectivity index (χ4n) is 3.00. The molecular formula is C21H23FN2O2S. The van der Waals surface area contributed by atoms with Crippen LogP contribution in [0.25, 0.3) is 0 Å². The maximum atomic E-state index is 12.9. The average molecular weight is 386 g/mol. The first-order valence-corrected chi connectivity index (χ1v) is 9.92. The lowest BCUT2D eigenvalue weighted by Gasteiger charge is -2.24. The van der Waals surface area contributed by atoms with Gasteiger partial charge in [-0.2, -0.15) is 0 Å². The highest BCUT2D eigenvalue weighted by Gasteiger charge is 2.38. The topological polar surface area (TPSA) is 49.4 Å². The molecule has 3 rings (SSSR count). The highest BCUT2D eigenvalue weighted by molar-refractivity contribution is 8.01. The summed E-state index contributed by atoms with van der Waals surface area (Å²) in [7, 11) is 0. The third-order valence-electron chi connectivity index (χ3n) is 4.59. The average Bonchev–Trinajstić information content (AvgIpc) is 2.94. The number of benzene rings is 2. The number of nitrogens with one attached hydrogen (secondary N) is 1. The normalized spacial score (nSPS) is 19.4. The fraction of sp³-hybridized carbons (Fsp3) is 0.333. The summed E-state index contributed by atoms with van der Waals surface area (Å²) in [6.45, 7) is 4.66. The van der Waals surface area contributed by atoms with Crippen molar-refractivity contribution < 1.29 is 14.0 Å². The van der Waals surface area contributed by atoms with Crippen molar-refractivity contribution in [2.75, 3.05) is 6.54 Å². The summed E-state index contributed by atoms with van der Waals surface area (Å²) in [5, 5.41) is 2.65. The molecule has 1 fully saturated rings. The molecule has 1 N–H and O–H groups in total. The van der Waals surface area contributed by atoms with Gasteiger partial charge in [-0.25, -0.2) is 4.39 Å². The van der Waals surface area contributed by atoms with Gasteiger partial charge in [0.2, 0.25) is 11.8 Å². The number of nitrogens with zero attached hydrogens (tertiary/aromatic N) is 1. The largest absolute Gasteiger partial charge is 0.352 e. The Labute approximate surface area is 163 Å². The summed E-state index contributed by atoms with van der Waals surface area (Å²) in [4.78, 5) is 26.5. The van der Waals surface area contributed by atoms with Gasteiger partial charge in [-0.3, -0.25) is 9.59 Å². The van der Waals surface area contributed by atoms with Gasteiger partial charge in [-0.15, -0.1) is 11.8 Å². The lowest BCUT2D eigenvalue weighted by molar-refractivity contribution is -0.130. The molecule has 1 heterocycles. The van der Waals surface area contributed by atoms with Gasteiger partial charge >= 0.3 is 0 Å². The summed E-state index contributed by atoms with van der Waals surface area (Å²) >= 11 is 1.61. The minimum atomic E-state index is -0.300. The van der Waals surface area contributed by atoms with Gasteiger partial charge in [0.15, 0.2) is 0 Å². The van der Waals surface area contributed by atoms with Crippen LogP contribution in [-0.4, -0.2) is 28.5 Å². The quantitative estimate of drug-likeness (QED) is 0.821. The molecule has 0 bridgehead atoms. The monoisotopic (exact) mass is 386 g/mol. The molecule has 142 valence electrons. The number of carbonyl (C=O) groups excluding carboxylic acids is 2. The number of amides is 2. The maximum Gasteiger partial charge on any atom is 0.236 e. The Morgan fingerprint density at radius 2 is 1.81 bits per heavy atom. The molecule has 2 unspecified atom stereocenters. The number of rotatable bonds is 6. The molecule has 0 saturated carbocycles. The van der Waals surface area contributed by atoms with Gasteiger partial charge in [-0.1, -0.05) is 42.0 Å². The zero-order valence-electron chi connectivity index (χ0n) is 15.4. The summed E-state index contributed by atoms with van der Waals surface area (Å²) in [6.07, 6.45) is 0.239. The molecule has 0 radical (unpaired) electrons. The second-order valence-electron chi connectivity index (χ2n) is 6.73. The van der Waals surface area contributed by atoms with Crippen molar-refractivity contribution in [1.29, 1.82) is 0 Å². The van der Waals surface area contributed by atoms with Crippen molar-refractivity contribution >= 4 is 23.6 Å². The van der Waals surface area contributed by atoms with Gasteiger partial charge in [-0.05, 0) is 37.1 Å². The van der Waals surface area contributed by atoms with E-state index < -0.39 is 0 Å². The van der Waals surface area contributed by atoms with Crippen molar-refractivity contribution in [3.05, 3.63) is 71.0 Å². The third-order valence-corrected chi connectivity index (χ3v) is 5.99. The van der Waals surface area contributed by atoms with Crippen molar-refractivity contribution in [3.63, 3.8) is 0 Å². The minimum absolute atomic E-state index is 0.0574. The number of thioether (sulfide) groups is 1. The fourth-order valence-corrected chi connectivity index (χ4v) is 4.31. The molecule has 2 aromatic rings. The first-order chi connectivity index (χ1) is 12.9. The van der Waals surface area contributed by atoms with E-state index in [0.29, 0.717) is 13.1 Å². The Kier molecular flexibility index (Phi) is 6.16. The molecule has 2 aromatic carbocycles. The van der Waals surface area contributed by atoms with Crippen LogP contribution in [0.1, 0.15) is 35.4 Å². The molecular weight excluding hydrogens is 363 g/mol. The Morgan fingerprint density at radius 1 is 1.15 bits per heavy atom. The zero-order chi connectivity index (χ0) is 19.4. The van der Waals surface area contributed by atoms with Gasteiger partial charge in [0, 0.05) is 19.5 Å². The molecule has 2 atom stereocenters. The number of hydrogen-bond donors (Lipinski definition) is 1. The van der Waals surface area contributed by atoms with Crippen LogP contribution in [0.15, 0.2) is 48.5 Å². The van der Waals surface area contributed by atoms with E-state index in [1.54, 1.807) is 28.8 Å². The van der Waals surface area contributed by atoms with Crippen LogP contribution in [0.2, 0.25) is 0 Å². The van der Waals surface area contributed by atoms with Crippen molar-refractivity contribution in [1.82, 2.24) is 10.2 Å². The van der Waals surface area contributed by atoms with Crippen LogP contribution in [0, 0.1) is 12.7 Å². The van der Waals surface area contributed by atoms with Gasteiger partial charge in [0.1, 0.15) is 11.2 Å². The standard InChI is InChI=1S/C21H23FN2O2S/c1-14-3-7-17(8-4-14)21-24(20(26)15(2)27-21)12-11-19(25)23-13-16-5-9-18(22)10-6-16/h3-10,15,21H,11-13H2,1-2H3,(H,23,25). The van der Waals surface area contributed by atoms with E-state index in [1.807, 2.05) is 38.1 Å². The van der Waals surface area contributed by atoms with Crippen LogP contribution in [0.5, 0.6) is 0 Å². The van der Waals surface area contributed by atoms with Crippen molar-refractivity contribution in [3.8, 4) is 0 Å². The first-order valence-electron chi connectivity index (χ1n) is 8.97. The van der Waals surface area contributed by atoms with E-state index in [9.17, 15) is 14.0 Å². The Morgan fingerprint density at radius 3 is 2.48 bits per heavy atom. The Balaban J connectivity index is 1.57. The predicted octanol–water partition coefficient (Wildman–Crippen LogP) is 3.80. The molecule has 6 heteroatoms. The molecule has 1 saturated heterocycles. The molecule has 1 aliphatic rings. The molecule has 0 aromatic heterocycles. The second-order valence-corrected chi connectivity index (χ2v) is 8.15. The summed E-state index contributed by atoms with van der Waals surface area (Å²) in [5.74, 6) is -0.359. The summed E-state index contributed by atoms with van der Waals surface area (Å²) < 4.78 is 12.9. The summed E-state index contributed by atoms with van der Waals surface area (Å²) in [5.41, 5.74) is 3.09. The number of carbonyl (C=O) groups is 2.